The molecule has 6 nitrogen and oxygen atoms in total. The molecule has 0 atom stereocenters. The third-order valence-electron chi connectivity index (χ3n) is 2.23. The van der Waals surface area contributed by atoms with Gasteiger partial charge in [0.05, 0.1) is 34.5 Å². The van der Waals surface area contributed by atoms with Gasteiger partial charge in [0.25, 0.3) is 0 Å². The van der Waals surface area contributed by atoms with Crippen LogP contribution in [0.15, 0.2) is 9.81 Å². The fraction of sp³-hybridized carbons (Fsp3) is 0.750. The molecule has 0 aliphatic carbocycles. The molecule has 1 aliphatic rings. The minimum atomic E-state index is -3.53. The quantitative estimate of drug-likeness (QED) is 0.673. The monoisotopic (exact) mass is 270 g/mol. The molecule has 94 valence electrons. The largest absolute Gasteiger partial charge is 0.379 e. The summed E-state index contributed by atoms with van der Waals surface area (Å²) in [7, 11) is -4.44. The molecule has 0 aromatic rings. The van der Waals surface area contributed by atoms with Crippen molar-refractivity contribution in [2.45, 2.75) is 0 Å². The maximum absolute atomic E-state index is 11.7. The molecule has 0 fully saturated rings. The predicted molar refractivity (Wildman–Crippen MR) is 58.4 cm³/mol. The molecule has 16 heavy (non-hydrogen) atoms. The minimum absolute atomic E-state index is 0.178. The summed E-state index contributed by atoms with van der Waals surface area (Å²) in [6, 6.07) is 0. The molecular weight excluding hydrogens is 256 g/mol. The van der Waals surface area contributed by atoms with Gasteiger partial charge in [-0.1, -0.05) is 0 Å². The van der Waals surface area contributed by atoms with E-state index in [0.717, 1.165) is 0 Å². The Morgan fingerprint density at radius 1 is 0.875 bits per heavy atom. The molecule has 8 heteroatoms. The van der Waals surface area contributed by atoms with Gasteiger partial charge in [0, 0.05) is 14.2 Å². The molecule has 0 aromatic heterocycles. The SMILES string of the molecule is COCC1=C(COC)S(=O)(=O)CCS1(=O)=O. The Morgan fingerprint density at radius 2 is 1.19 bits per heavy atom. The Morgan fingerprint density at radius 3 is 1.44 bits per heavy atom. The molecule has 0 unspecified atom stereocenters. The molecule has 0 N–H and O–H groups in total. The van der Waals surface area contributed by atoms with Crippen molar-refractivity contribution in [1.82, 2.24) is 0 Å². The van der Waals surface area contributed by atoms with Gasteiger partial charge in [-0.05, 0) is 0 Å². The second kappa shape index (κ2) is 4.82. The van der Waals surface area contributed by atoms with E-state index in [9.17, 15) is 16.8 Å². The number of sulfone groups is 2. The van der Waals surface area contributed by atoms with E-state index in [1.165, 1.54) is 14.2 Å². The molecule has 0 amide bonds. The lowest BCUT2D eigenvalue weighted by molar-refractivity contribution is 0.218. The predicted octanol–water partition coefficient (Wildman–Crippen LogP) is -0.666. The maximum atomic E-state index is 11.7. The van der Waals surface area contributed by atoms with Crippen molar-refractivity contribution in [3.63, 3.8) is 0 Å². The van der Waals surface area contributed by atoms with E-state index in [0.29, 0.717) is 0 Å². The van der Waals surface area contributed by atoms with Gasteiger partial charge in [0.15, 0.2) is 19.7 Å². The van der Waals surface area contributed by atoms with Crippen molar-refractivity contribution in [3.05, 3.63) is 9.81 Å². The molecule has 0 bridgehead atoms. The molecule has 0 saturated carbocycles. The average molecular weight is 270 g/mol. The first-order chi connectivity index (χ1) is 7.35. The van der Waals surface area contributed by atoms with Crippen LogP contribution in [0.3, 0.4) is 0 Å². The van der Waals surface area contributed by atoms with Crippen LogP contribution in [0.25, 0.3) is 0 Å². The first kappa shape index (κ1) is 13.6. The Hall–Kier alpha value is -0.440. The summed E-state index contributed by atoms with van der Waals surface area (Å²) in [5.41, 5.74) is 0. The van der Waals surface area contributed by atoms with E-state index in [-0.39, 0.29) is 34.5 Å². The summed E-state index contributed by atoms with van der Waals surface area (Å²) < 4.78 is 56.2. The van der Waals surface area contributed by atoms with Crippen LogP contribution in [0.2, 0.25) is 0 Å². The minimum Gasteiger partial charge on any atom is -0.379 e. The van der Waals surface area contributed by atoms with Crippen molar-refractivity contribution in [1.29, 1.82) is 0 Å². The van der Waals surface area contributed by atoms with Gasteiger partial charge in [-0.2, -0.15) is 0 Å². The first-order valence-electron chi connectivity index (χ1n) is 4.50. The Kier molecular flexibility index (Phi) is 4.11. The lowest BCUT2D eigenvalue weighted by Crippen LogP contribution is -2.31. The van der Waals surface area contributed by atoms with Gasteiger partial charge in [-0.15, -0.1) is 0 Å². The first-order valence-corrected chi connectivity index (χ1v) is 7.81. The van der Waals surface area contributed by atoms with Crippen LogP contribution in [0, 0.1) is 0 Å². The van der Waals surface area contributed by atoms with Crippen molar-refractivity contribution < 1.29 is 26.3 Å². The second-order valence-electron chi connectivity index (χ2n) is 3.35. The van der Waals surface area contributed by atoms with E-state index in [1.807, 2.05) is 0 Å². The lowest BCUT2D eigenvalue weighted by Gasteiger charge is -2.19. The summed E-state index contributed by atoms with van der Waals surface area (Å²) in [4.78, 5) is -0.355. The van der Waals surface area contributed by atoms with Crippen molar-refractivity contribution in [2.75, 3.05) is 38.9 Å². The van der Waals surface area contributed by atoms with Crippen LogP contribution in [0.1, 0.15) is 0 Å². The third-order valence-corrected chi connectivity index (χ3v) is 6.33. The summed E-state index contributed by atoms with van der Waals surface area (Å²) in [5.74, 6) is -0.775. The fourth-order valence-corrected chi connectivity index (χ4v) is 5.83. The molecular formula is C8H14O6S2. The summed E-state index contributed by atoms with van der Waals surface area (Å²) >= 11 is 0. The Balaban J connectivity index is 3.40. The van der Waals surface area contributed by atoms with Gasteiger partial charge < -0.3 is 9.47 Å². The number of methoxy groups -OCH3 is 2. The van der Waals surface area contributed by atoms with Gasteiger partial charge in [0.2, 0.25) is 0 Å². The normalized spacial score (nSPS) is 23.4. The average Bonchev–Trinajstić information content (AvgIpc) is 2.19. The zero-order valence-corrected chi connectivity index (χ0v) is 10.7. The van der Waals surface area contributed by atoms with Crippen LogP contribution in [-0.4, -0.2) is 55.8 Å². The molecule has 0 saturated heterocycles. The summed E-state index contributed by atoms with van der Waals surface area (Å²) in [6.07, 6.45) is 0. The number of rotatable bonds is 4. The third kappa shape index (κ3) is 2.62. The topological polar surface area (TPSA) is 86.7 Å². The highest BCUT2D eigenvalue weighted by molar-refractivity contribution is 8.02. The van der Waals surface area contributed by atoms with Crippen molar-refractivity contribution in [3.8, 4) is 0 Å². The van der Waals surface area contributed by atoms with Crippen LogP contribution in [0.5, 0.6) is 0 Å². The second-order valence-corrected chi connectivity index (χ2v) is 7.61. The van der Waals surface area contributed by atoms with Gasteiger partial charge in [-0.3, -0.25) is 0 Å². The summed E-state index contributed by atoms with van der Waals surface area (Å²) in [5, 5.41) is 0. The van der Waals surface area contributed by atoms with E-state index in [1.54, 1.807) is 0 Å². The highest BCUT2D eigenvalue weighted by Crippen LogP contribution is 2.25. The van der Waals surface area contributed by atoms with E-state index >= 15 is 0 Å². The van der Waals surface area contributed by atoms with Crippen molar-refractivity contribution >= 4 is 19.7 Å². The van der Waals surface area contributed by atoms with Crippen molar-refractivity contribution in [2.24, 2.45) is 0 Å². The lowest BCUT2D eigenvalue weighted by atomic mass is 10.5. The highest BCUT2D eigenvalue weighted by atomic mass is 32.2. The zero-order valence-electron chi connectivity index (χ0n) is 9.09. The maximum Gasteiger partial charge on any atom is 0.178 e. The van der Waals surface area contributed by atoms with Gasteiger partial charge in [-0.25, -0.2) is 16.8 Å². The highest BCUT2D eigenvalue weighted by Gasteiger charge is 2.35. The van der Waals surface area contributed by atoms with Crippen LogP contribution < -0.4 is 0 Å². The molecule has 1 rings (SSSR count). The van der Waals surface area contributed by atoms with Gasteiger partial charge >= 0.3 is 0 Å². The smallest absolute Gasteiger partial charge is 0.178 e. The summed E-state index contributed by atoms with van der Waals surface area (Å²) in [6.45, 7) is -0.472. The molecule has 0 radical (unpaired) electrons. The molecule has 1 aliphatic heterocycles. The van der Waals surface area contributed by atoms with Crippen LogP contribution >= 0.6 is 0 Å². The standard InChI is InChI=1S/C8H14O6S2/c1-13-5-7-8(6-14-2)16(11,12)4-3-15(7,9)10/h3-6H2,1-2H3. The molecule has 0 spiro atoms. The van der Waals surface area contributed by atoms with Crippen LogP contribution in [0.4, 0.5) is 0 Å². The fourth-order valence-electron chi connectivity index (χ4n) is 1.42. The van der Waals surface area contributed by atoms with Crippen LogP contribution in [-0.2, 0) is 29.1 Å². The number of hydrogen-bond acceptors (Lipinski definition) is 6. The zero-order chi connectivity index (χ0) is 12.4. The Labute approximate surface area is 95.1 Å². The Bertz CT molecular complexity index is 439. The van der Waals surface area contributed by atoms with E-state index in [2.05, 4.69) is 0 Å². The molecule has 0 aromatic carbocycles. The van der Waals surface area contributed by atoms with Gasteiger partial charge in [0.1, 0.15) is 0 Å². The number of hydrogen-bond donors (Lipinski definition) is 0. The van der Waals surface area contributed by atoms with E-state index in [4.69, 9.17) is 9.47 Å². The van der Waals surface area contributed by atoms with E-state index < -0.39 is 19.7 Å². The molecule has 1 heterocycles. The number of ether oxygens (including phenoxy) is 2.